The van der Waals surface area contributed by atoms with E-state index in [4.69, 9.17) is 4.74 Å². The number of rotatable bonds is 5. The Labute approximate surface area is 147 Å². The normalized spacial score (nSPS) is 21.7. The number of aryl methyl sites for hydroxylation is 2. The fourth-order valence-electron chi connectivity index (χ4n) is 3.65. The topological polar surface area (TPSA) is 39.1 Å². The largest absolute Gasteiger partial charge is 0.373 e. The van der Waals surface area contributed by atoms with Crippen molar-refractivity contribution in [2.75, 3.05) is 13.2 Å². The molecule has 1 fully saturated rings. The van der Waals surface area contributed by atoms with E-state index < -0.39 is 11.6 Å². The SMILES string of the molecule is Cc1nn(C)c(C)c1C1OCCC1CNC(C)c1ccc(F)cc1F. The molecule has 1 N–H and O–H groups in total. The summed E-state index contributed by atoms with van der Waals surface area (Å²) in [5, 5.41) is 7.86. The third-order valence-corrected chi connectivity index (χ3v) is 5.18. The van der Waals surface area contributed by atoms with Crippen LogP contribution in [0, 0.1) is 31.4 Å². The Bertz CT molecular complexity index is 759. The van der Waals surface area contributed by atoms with Crippen molar-refractivity contribution in [3.8, 4) is 0 Å². The van der Waals surface area contributed by atoms with Crippen LogP contribution in [0.4, 0.5) is 8.78 Å². The van der Waals surface area contributed by atoms with Crippen molar-refractivity contribution in [3.63, 3.8) is 0 Å². The van der Waals surface area contributed by atoms with Crippen molar-refractivity contribution in [2.45, 2.75) is 39.3 Å². The van der Waals surface area contributed by atoms with E-state index >= 15 is 0 Å². The number of ether oxygens (including phenoxy) is 1. The van der Waals surface area contributed by atoms with Crippen molar-refractivity contribution in [2.24, 2.45) is 13.0 Å². The predicted octanol–water partition coefficient (Wildman–Crippen LogP) is 3.74. The minimum Gasteiger partial charge on any atom is -0.373 e. The van der Waals surface area contributed by atoms with Gasteiger partial charge in [0.25, 0.3) is 0 Å². The van der Waals surface area contributed by atoms with Crippen molar-refractivity contribution in [1.29, 1.82) is 0 Å². The lowest BCUT2D eigenvalue weighted by molar-refractivity contribution is 0.0888. The first-order valence-corrected chi connectivity index (χ1v) is 8.68. The fourth-order valence-corrected chi connectivity index (χ4v) is 3.65. The quantitative estimate of drug-likeness (QED) is 0.894. The summed E-state index contributed by atoms with van der Waals surface area (Å²) in [7, 11) is 1.94. The van der Waals surface area contributed by atoms with Gasteiger partial charge in [0.05, 0.1) is 11.8 Å². The summed E-state index contributed by atoms with van der Waals surface area (Å²) >= 11 is 0. The van der Waals surface area contributed by atoms with Crippen LogP contribution < -0.4 is 5.32 Å². The summed E-state index contributed by atoms with van der Waals surface area (Å²) in [5.74, 6) is -0.772. The van der Waals surface area contributed by atoms with Crippen LogP contribution >= 0.6 is 0 Å². The highest BCUT2D eigenvalue weighted by atomic mass is 19.1. The summed E-state index contributed by atoms with van der Waals surface area (Å²) in [6.45, 7) is 7.37. The second-order valence-electron chi connectivity index (χ2n) is 6.84. The van der Waals surface area contributed by atoms with Gasteiger partial charge in [0.15, 0.2) is 0 Å². The predicted molar refractivity (Wildman–Crippen MR) is 92.3 cm³/mol. The molecule has 3 unspecified atom stereocenters. The Kier molecular flexibility index (Phi) is 5.20. The number of hydrogen-bond acceptors (Lipinski definition) is 3. The van der Waals surface area contributed by atoms with Crippen LogP contribution in [0.1, 0.15) is 48.0 Å². The van der Waals surface area contributed by atoms with Crippen LogP contribution in [-0.4, -0.2) is 22.9 Å². The van der Waals surface area contributed by atoms with Gasteiger partial charge in [0, 0.05) is 55.0 Å². The summed E-state index contributed by atoms with van der Waals surface area (Å²) in [6, 6.07) is 3.52. The highest BCUT2D eigenvalue weighted by Gasteiger charge is 2.33. The lowest BCUT2D eigenvalue weighted by atomic mass is 9.93. The Morgan fingerprint density at radius 3 is 2.76 bits per heavy atom. The molecule has 136 valence electrons. The van der Waals surface area contributed by atoms with Crippen molar-refractivity contribution >= 4 is 0 Å². The zero-order valence-electron chi connectivity index (χ0n) is 15.1. The summed E-state index contributed by atoms with van der Waals surface area (Å²) < 4.78 is 34.9. The van der Waals surface area contributed by atoms with Gasteiger partial charge in [0.1, 0.15) is 11.6 Å². The maximum absolute atomic E-state index is 13.9. The van der Waals surface area contributed by atoms with Crippen molar-refractivity contribution in [1.82, 2.24) is 15.1 Å². The lowest BCUT2D eigenvalue weighted by Gasteiger charge is -2.22. The van der Waals surface area contributed by atoms with Gasteiger partial charge in [0.2, 0.25) is 0 Å². The van der Waals surface area contributed by atoms with Crippen LogP contribution in [0.2, 0.25) is 0 Å². The maximum Gasteiger partial charge on any atom is 0.130 e. The molecule has 1 saturated heterocycles. The van der Waals surface area contributed by atoms with E-state index in [0.717, 1.165) is 29.4 Å². The van der Waals surface area contributed by atoms with Gasteiger partial charge in [-0.1, -0.05) is 6.07 Å². The Balaban J connectivity index is 1.69. The summed E-state index contributed by atoms with van der Waals surface area (Å²) in [5.41, 5.74) is 3.75. The number of hydrogen-bond donors (Lipinski definition) is 1. The zero-order valence-corrected chi connectivity index (χ0v) is 15.1. The number of nitrogens with zero attached hydrogens (tertiary/aromatic N) is 2. The second-order valence-corrected chi connectivity index (χ2v) is 6.84. The van der Waals surface area contributed by atoms with Gasteiger partial charge in [-0.2, -0.15) is 5.10 Å². The van der Waals surface area contributed by atoms with Crippen molar-refractivity contribution in [3.05, 3.63) is 52.3 Å². The first kappa shape index (κ1) is 18.0. The lowest BCUT2D eigenvalue weighted by Crippen LogP contribution is -2.28. The van der Waals surface area contributed by atoms with E-state index in [-0.39, 0.29) is 12.1 Å². The van der Waals surface area contributed by atoms with Crippen LogP contribution in [0.5, 0.6) is 0 Å². The molecule has 0 spiro atoms. The molecule has 0 amide bonds. The van der Waals surface area contributed by atoms with Crippen LogP contribution in [0.3, 0.4) is 0 Å². The molecule has 0 bridgehead atoms. The molecule has 1 aromatic heterocycles. The molecular weight excluding hydrogens is 324 g/mol. The van der Waals surface area contributed by atoms with E-state index in [9.17, 15) is 8.78 Å². The van der Waals surface area contributed by atoms with Gasteiger partial charge >= 0.3 is 0 Å². The molecule has 3 atom stereocenters. The minimum absolute atomic E-state index is 0.00599. The molecule has 0 aliphatic carbocycles. The Morgan fingerprint density at radius 1 is 1.36 bits per heavy atom. The van der Waals surface area contributed by atoms with Gasteiger partial charge in [-0.25, -0.2) is 8.78 Å². The fraction of sp³-hybridized carbons (Fsp3) is 0.526. The second kappa shape index (κ2) is 7.22. The van der Waals surface area contributed by atoms with Gasteiger partial charge in [-0.05, 0) is 33.3 Å². The third kappa shape index (κ3) is 3.60. The van der Waals surface area contributed by atoms with Gasteiger partial charge in [-0.15, -0.1) is 0 Å². The molecule has 1 aliphatic heterocycles. The Hall–Kier alpha value is -1.79. The van der Waals surface area contributed by atoms with E-state index in [1.54, 1.807) is 0 Å². The molecule has 1 aliphatic rings. The third-order valence-electron chi connectivity index (χ3n) is 5.18. The smallest absolute Gasteiger partial charge is 0.130 e. The van der Waals surface area contributed by atoms with Gasteiger partial charge < -0.3 is 10.1 Å². The molecule has 2 heterocycles. The number of halogens is 2. The van der Waals surface area contributed by atoms with Crippen LogP contribution in [0.25, 0.3) is 0 Å². The monoisotopic (exact) mass is 349 g/mol. The average molecular weight is 349 g/mol. The molecule has 1 aromatic carbocycles. The van der Waals surface area contributed by atoms with E-state index in [0.29, 0.717) is 24.6 Å². The highest BCUT2D eigenvalue weighted by molar-refractivity contribution is 5.28. The van der Waals surface area contributed by atoms with E-state index in [1.807, 2.05) is 25.6 Å². The molecule has 25 heavy (non-hydrogen) atoms. The first-order valence-electron chi connectivity index (χ1n) is 8.68. The first-order chi connectivity index (χ1) is 11.9. The molecule has 3 rings (SSSR count). The molecular formula is C19H25F2N3O. The summed E-state index contributed by atoms with van der Waals surface area (Å²) in [6.07, 6.45) is 0.954. The van der Waals surface area contributed by atoms with E-state index in [1.165, 1.54) is 12.1 Å². The minimum atomic E-state index is -0.555. The maximum atomic E-state index is 13.9. The molecule has 0 saturated carbocycles. The zero-order chi connectivity index (χ0) is 18.1. The summed E-state index contributed by atoms with van der Waals surface area (Å²) in [4.78, 5) is 0. The highest BCUT2D eigenvalue weighted by Crippen LogP contribution is 2.37. The van der Waals surface area contributed by atoms with Gasteiger partial charge in [-0.3, -0.25) is 4.68 Å². The van der Waals surface area contributed by atoms with Crippen molar-refractivity contribution < 1.29 is 13.5 Å². The number of benzene rings is 1. The average Bonchev–Trinajstić information content (AvgIpc) is 3.09. The Morgan fingerprint density at radius 2 is 2.12 bits per heavy atom. The van der Waals surface area contributed by atoms with Crippen LogP contribution in [0.15, 0.2) is 18.2 Å². The number of aromatic nitrogens is 2. The molecule has 2 aromatic rings. The number of nitrogens with one attached hydrogen (secondary N) is 1. The molecule has 6 heteroatoms. The molecule has 0 radical (unpaired) electrons. The standard InChI is InChI=1S/C19H25F2N3O/c1-11(16-6-5-15(20)9-17(16)21)22-10-14-7-8-25-19(14)18-12(2)23-24(4)13(18)3/h5-6,9,11,14,19,22H,7-8,10H2,1-4H3. The van der Waals surface area contributed by atoms with E-state index in [2.05, 4.69) is 17.3 Å². The molecule has 4 nitrogen and oxygen atoms in total. The van der Waals surface area contributed by atoms with Crippen LogP contribution in [-0.2, 0) is 11.8 Å².